The highest BCUT2D eigenvalue weighted by molar-refractivity contribution is 6.08. The highest BCUT2D eigenvalue weighted by Crippen LogP contribution is 2.33. The van der Waals surface area contributed by atoms with Crippen LogP contribution in [0.15, 0.2) is 36.4 Å². The summed E-state index contributed by atoms with van der Waals surface area (Å²) in [5.74, 6) is -1.84. The van der Waals surface area contributed by atoms with E-state index >= 15 is 0 Å². The van der Waals surface area contributed by atoms with E-state index in [1.165, 1.54) is 12.5 Å². The van der Waals surface area contributed by atoms with E-state index in [2.05, 4.69) is 4.90 Å². The minimum absolute atomic E-state index is 0. The number of nitrogen functional groups attached to an aromatic ring is 1. The average molecular weight is 416 g/mol. The minimum Gasteiger partial charge on any atom is -0.398 e. The van der Waals surface area contributed by atoms with Crippen LogP contribution < -0.4 is 10.6 Å². The van der Waals surface area contributed by atoms with E-state index in [-0.39, 0.29) is 24.6 Å². The van der Waals surface area contributed by atoms with Crippen LogP contribution in [0, 0.1) is 0 Å². The number of carbonyl (C=O) groups is 1. The Labute approximate surface area is 168 Å². The lowest BCUT2D eigenvalue weighted by molar-refractivity contribution is -0.170. The van der Waals surface area contributed by atoms with Gasteiger partial charge in [-0.15, -0.1) is 12.4 Å². The molecule has 154 valence electrons. The van der Waals surface area contributed by atoms with Gasteiger partial charge in [-0.1, -0.05) is 30.7 Å². The molecule has 1 aliphatic heterocycles. The summed E-state index contributed by atoms with van der Waals surface area (Å²) < 4.78 is 39.7. The first-order valence-electron chi connectivity index (χ1n) is 9.26. The number of likely N-dealkylation sites (tertiary alicyclic amines) is 1. The van der Waals surface area contributed by atoms with Gasteiger partial charge < -0.3 is 15.5 Å². The number of nitrogens with two attached hydrogens (primary N) is 1. The Balaban J connectivity index is 0.00000280. The van der Waals surface area contributed by atoms with Gasteiger partial charge in [0.2, 0.25) is 0 Å². The molecule has 1 saturated heterocycles. The van der Waals surface area contributed by atoms with Gasteiger partial charge >= 0.3 is 12.1 Å². The SMILES string of the molecule is Cl.Nc1ccc(N(CCCN2CCCCC2)C(=O)C(F)(F)F)c2ccccc12. The number of alkyl halides is 3. The van der Waals surface area contributed by atoms with E-state index in [1.807, 2.05) is 0 Å². The molecule has 0 aromatic heterocycles. The number of nitrogens with zero attached hydrogens (tertiary/aromatic N) is 2. The van der Waals surface area contributed by atoms with Crippen molar-refractivity contribution in [2.75, 3.05) is 36.8 Å². The van der Waals surface area contributed by atoms with Gasteiger partial charge in [0.15, 0.2) is 0 Å². The maximum atomic E-state index is 13.2. The number of fused-ring (bicyclic) bond motifs is 1. The average Bonchev–Trinajstić information content (AvgIpc) is 2.66. The van der Waals surface area contributed by atoms with Crippen molar-refractivity contribution in [2.24, 2.45) is 0 Å². The monoisotopic (exact) mass is 415 g/mol. The Hall–Kier alpha value is -1.99. The molecule has 2 N–H and O–H groups in total. The number of amides is 1. The molecule has 0 bridgehead atoms. The van der Waals surface area contributed by atoms with Gasteiger partial charge in [-0.05, 0) is 51.0 Å². The first kappa shape index (κ1) is 22.3. The predicted molar refractivity (Wildman–Crippen MR) is 109 cm³/mol. The highest BCUT2D eigenvalue weighted by atomic mass is 35.5. The van der Waals surface area contributed by atoms with E-state index in [9.17, 15) is 18.0 Å². The number of rotatable bonds is 5. The summed E-state index contributed by atoms with van der Waals surface area (Å²) in [6, 6.07) is 10.0. The minimum atomic E-state index is -4.92. The van der Waals surface area contributed by atoms with E-state index < -0.39 is 12.1 Å². The highest BCUT2D eigenvalue weighted by Gasteiger charge is 2.43. The summed E-state index contributed by atoms with van der Waals surface area (Å²) in [4.78, 5) is 15.2. The van der Waals surface area contributed by atoms with Crippen molar-refractivity contribution in [3.05, 3.63) is 36.4 Å². The molecule has 0 saturated carbocycles. The Bertz CT molecular complexity index is 807. The normalized spacial score (nSPS) is 15.2. The van der Waals surface area contributed by atoms with Gasteiger partial charge in [-0.2, -0.15) is 13.2 Å². The van der Waals surface area contributed by atoms with E-state index in [4.69, 9.17) is 5.73 Å². The van der Waals surface area contributed by atoms with Gasteiger partial charge in [0.05, 0.1) is 5.69 Å². The molecule has 0 unspecified atom stereocenters. The van der Waals surface area contributed by atoms with Gasteiger partial charge in [-0.25, -0.2) is 0 Å². The molecule has 2 aromatic carbocycles. The van der Waals surface area contributed by atoms with Gasteiger partial charge in [-0.3, -0.25) is 4.79 Å². The van der Waals surface area contributed by atoms with Crippen molar-refractivity contribution in [3.63, 3.8) is 0 Å². The number of piperidine rings is 1. The van der Waals surface area contributed by atoms with Crippen molar-refractivity contribution < 1.29 is 18.0 Å². The molecule has 28 heavy (non-hydrogen) atoms. The first-order valence-corrected chi connectivity index (χ1v) is 9.26. The van der Waals surface area contributed by atoms with Crippen molar-refractivity contribution in [1.82, 2.24) is 4.90 Å². The molecule has 8 heteroatoms. The second kappa shape index (κ2) is 9.47. The number of benzene rings is 2. The molecule has 1 heterocycles. The zero-order chi connectivity index (χ0) is 19.4. The molecule has 1 fully saturated rings. The third kappa shape index (κ3) is 5.08. The molecule has 1 aliphatic rings. The van der Waals surface area contributed by atoms with Crippen LogP contribution in [-0.4, -0.2) is 43.2 Å². The quantitative estimate of drug-likeness (QED) is 0.725. The third-order valence-corrected chi connectivity index (χ3v) is 5.02. The Kier molecular flexibility index (Phi) is 7.55. The van der Waals surface area contributed by atoms with Crippen molar-refractivity contribution in [3.8, 4) is 0 Å². The molecular weight excluding hydrogens is 391 g/mol. The Morgan fingerprint density at radius 2 is 1.68 bits per heavy atom. The maximum Gasteiger partial charge on any atom is 0.471 e. The topological polar surface area (TPSA) is 49.6 Å². The van der Waals surface area contributed by atoms with Gasteiger partial charge in [0.1, 0.15) is 0 Å². The molecule has 0 atom stereocenters. The van der Waals surface area contributed by atoms with Crippen LogP contribution >= 0.6 is 12.4 Å². The smallest absolute Gasteiger partial charge is 0.398 e. The lowest BCUT2D eigenvalue weighted by atomic mass is 10.1. The second-order valence-corrected chi connectivity index (χ2v) is 6.93. The fraction of sp³-hybridized carbons (Fsp3) is 0.450. The number of hydrogen-bond acceptors (Lipinski definition) is 3. The largest absolute Gasteiger partial charge is 0.471 e. The fourth-order valence-electron chi connectivity index (χ4n) is 3.66. The first-order chi connectivity index (χ1) is 12.9. The van der Waals surface area contributed by atoms with Crippen LogP contribution in [0.4, 0.5) is 24.5 Å². The summed E-state index contributed by atoms with van der Waals surface area (Å²) >= 11 is 0. The van der Waals surface area contributed by atoms with Crippen LogP contribution in [0.25, 0.3) is 10.8 Å². The summed E-state index contributed by atoms with van der Waals surface area (Å²) in [5.41, 5.74) is 6.68. The van der Waals surface area contributed by atoms with Gasteiger partial charge in [0.25, 0.3) is 0 Å². The van der Waals surface area contributed by atoms with Crippen LogP contribution in [0.1, 0.15) is 25.7 Å². The van der Waals surface area contributed by atoms with Crippen molar-refractivity contribution >= 4 is 40.5 Å². The fourth-order valence-corrected chi connectivity index (χ4v) is 3.66. The molecule has 0 spiro atoms. The Morgan fingerprint density at radius 3 is 2.32 bits per heavy atom. The Morgan fingerprint density at radius 1 is 1.04 bits per heavy atom. The van der Waals surface area contributed by atoms with Crippen molar-refractivity contribution in [2.45, 2.75) is 31.9 Å². The molecular formula is C20H25ClF3N3O. The summed E-state index contributed by atoms with van der Waals surface area (Å²) in [6.45, 7) is 2.65. The van der Waals surface area contributed by atoms with Crippen LogP contribution in [0.2, 0.25) is 0 Å². The van der Waals surface area contributed by atoms with Crippen LogP contribution in [0.5, 0.6) is 0 Å². The molecule has 4 nitrogen and oxygen atoms in total. The zero-order valence-electron chi connectivity index (χ0n) is 15.5. The van der Waals surface area contributed by atoms with Gasteiger partial charge in [0, 0.05) is 23.0 Å². The molecule has 3 rings (SSSR count). The molecule has 0 radical (unpaired) electrons. The lowest BCUT2D eigenvalue weighted by Crippen LogP contribution is -2.43. The lowest BCUT2D eigenvalue weighted by Gasteiger charge is -2.29. The maximum absolute atomic E-state index is 13.2. The number of carbonyl (C=O) groups excluding carboxylic acids is 1. The van der Waals surface area contributed by atoms with E-state index in [0.717, 1.165) is 30.8 Å². The van der Waals surface area contributed by atoms with Crippen LogP contribution in [0.3, 0.4) is 0 Å². The number of hydrogen-bond donors (Lipinski definition) is 1. The molecule has 1 amide bonds. The zero-order valence-corrected chi connectivity index (χ0v) is 16.4. The van der Waals surface area contributed by atoms with Crippen molar-refractivity contribution in [1.29, 1.82) is 0 Å². The summed E-state index contributed by atoms with van der Waals surface area (Å²) in [6.07, 6.45) is -0.998. The number of halogens is 4. The van der Waals surface area contributed by atoms with Crippen LogP contribution in [-0.2, 0) is 4.79 Å². The van der Waals surface area contributed by atoms with E-state index in [1.54, 1.807) is 30.3 Å². The summed E-state index contributed by atoms with van der Waals surface area (Å²) in [7, 11) is 0. The number of anilines is 2. The second-order valence-electron chi connectivity index (χ2n) is 6.93. The molecule has 2 aromatic rings. The predicted octanol–water partition coefficient (Wildman–Crippen LogP) is 4.62. The van der Waals surface area contributed by atoms with E-state index in [0.29, 0.717) is 29.4 Å². The summed E-state index contributed by atoms with van der Waals surface area (Å²) in [5, 5.41) is 1.19. The standard InChI is InChI=1S/C20H24F3N3O.ClH/c21-20(22,23)19(27)26(14-6-13-25-11-4-1-5-12-25)18-10-9-17(24)15-7-2-3-8-16(15)18;/h2-3,7-10H,1,4-6,11-14,24H2;1H. The third-order valence-electron chi connectivity index (χ3n) is 5.02. The molecule has 0 aliphatic carbocycles.